The minimum absolute atomic E-state index is 0.467. The van der Waals surface area contributed by atoms with E-state index in [9.17, 15) is 0 Å². The van der Waals surface area contributed by atoms with Gasteiger partial charge in [0.25, 0.3) is 0 Å². The summed E-state index contributed by atoms with van der Waals surface area (Å²) < 4.78 is 0. The van der Waals surface area contributed by atoms with E-state index in [4.69, 9.17) is 28.9 Å². The largest absolute Gasteiger partial charge is 0.330 e. The quantitative estimate of drug-likeness (QED) is 0.838. The highest BCUT2D eigenvalue weighted by Gasteiger charge is 2.06. The molecule has 1 aromatic carbocycles. The number of halogens is 2. The van der Waals surface area contributed by atoms with Gasteiger partial charge >= 0.3 is 0 Å². The summed E-state index contributed by atoms with van der Waals surface area (Å²) in [6, 6.07) is 5.69. The monoisotopic (exact) mass is 231 g/mol. The van der Waals surface area contributed by atoms with Crippen molar-refractivity contribution in [2.75, 3.05) is 6.54 Å². The summed E-state index contributed by atoms with van der Waals surface area (Å²) in [6.07, 6.45) is 2.11. The summed E-state index contributed by atoms with van der Waals surface area (Å²) in [7, 11) is 0. The van der Waals surface area contributed by atoms with Gasteiger partial charge in [0.15, 0.2) is 0 Å². The molecule has 1 unspecified atom stereocenters. The third-order valence-electron chi connectivity index (χ3n) is 2.30. The maximum atomic E-state index is 5.92. The molecule has 0 bridgehead atoms. The van der Waals surface area contributed by atoms with E-state index in [1.54, 1.807) is 6.07 Å². The lowest BCUT2D eigenvalue weighted by molar-refractivity contribution is 0.641. The predicted octanol–water partition coefficient (Wildman–Crippen LogP) is 3.84. The van der Waals surface area contributed by atoms with Crippen LogP contribution in [0.5, 0.6) is 0 Å². The summed E-state index contributed by atoms with van der Waals surface area (Å²) in [5.41, 5.74) is 6.65. The van der Waals surface area contributed by atoms with Gasteiger partial charge in [-0.3, -0.25) is 0 Å². The number of rotatable bonds is 4. The van der Waals surface area contributed by atoms with Gasteiger partial charge in [-0.2, -0.15) is 0 Å². The Balaban J connectivity index is 2.73. The molecular formula is C11H15Cl2N. The van der Waals surface area contributed by atoms with Crippen LogP contribution in [0, 0.1) is 0 Å². The average molecular weight is 232 g/mol. The van der Waals surface area contributed by atoms with Crippen molar-refractivity contribution in [3.05, 3.63) is 33.8 Å². The fraction of sp³-hybridized carbons (Fsp3) is 0.455. The highest BCUT2D eigenvalue weighted by Crippen LogP contribution is 2.26. The third kappa shape index (κ3) is 3.49. The molecule has 1 atom stereocenters. The molecule has 0 saturated carbocycles. The summed E-state index contributed by atoms with van der Waals surface area (Å²) in [6.45, 7) is 2.90. The van der Waals surface area contributed by atoms with Crippen LogP contribution in [0.4, 0.5) is 0 Å². The SMILES string of the molecule is CC(CCCN)c1cc(Cl)cc(Cl)c1. The highest BCUT2D eigenvalue weighted by molar-refractivity contribution is 6.34. The molecule has 1 rings (SSSR count). The molecule has 0 aliphatic heterocycles. The molecule has 2 N–H and O–H groups in total. The van der Waals surface area contributed by atoms with Crippen molar-refractivity contribution in [2.24, 2.45) is 5.73 Å². The van der Waals surface area contributed by atoms with Crippen LogP contribution in [0.15, 0.2) is 18.2 Å². The molecule has 0 radical (unpaired) electrons. The van der Waals surface area contributed by atoms with Gasteiger partial charge in [0.2, 0.25) is 0 Å². The van der Waals surface area contributed by atoms with Gasteiger partial charge < -0.3 is 5.73 Å². The van der Waals surface area contributed by atoms with Crippen LogP contribution in [0.3, 0.4) is 0 Å². The Morgan fingerprint density at radius 2 is 1.79 bits per heavy atom. The highest BCUT2D eigenvalue weighted by atomic mass is 35.5. The Kier molecular flexibility index (Phi) is 4.73. The lowest BCUT2D eigenvalue weighted by atomic mass is 9.96. The number of benzene rings is 1. The van der Waals surface area contributed by atoms with E-state index in [1.165, 1.54) is 5.56 Å². The molecule has 1 nitrogen and oxygen atoms in total. The van der Waals surface area contributed by atoms with Crippen LogP contribution in [0.2, 0.25) is 10.0 Å². The van der Waals surface area contributed by atoms with Crippen LogP contribution in [-0.2, 0) is 0 Å². The molecular weight excluding hydrogens is 217 g/mol. The molecule has 0 heterocycles. The Labute approximate surface area is 95.2 Å². The van der Waals surface area contributed by atoms with E-state index in [0.717, 1.165) is 19.4 Å². The summed E-state index contributed by atoms with van der Waals surface area (Å²) in [4.78, 5) is 0. The maximum Gasteiger partial charge on any atom is 0.0423 e. The van der Waals surface area contributed by atoms with Crippen molar-refractivity contribution in [3.63, 3.8) is 0 Å². The van der Waals surface area contributed by atoms with E-state index in [2.05, 4.69) is 6.92 Å². The lowest BCUT2D eigenvalue weighted by Gasteiger charge is -2.11. The van der Waals surface area contributed by atoms with Crippen molar-refractivity contribution < 1.29 is 0 Å². The van der Waals surface area contributed by atoms with E-state index < -0.39 is 0 Å². The Hall–Kier alpha value is -0.240. The topological polar surface area (TPSA) is 26.0 Å². The smallest absolute Gasteiger partial charge is 0.0423 e. The molecule has 78 valence electrons. The Morgan fingerprint density at radius 1 is 1.21 bits per heavy atom. The zero-order chi connectivity index (χ0) is 10.6. The molecule has 0 spiro atoms. The molecule has 0 saturated heterocycles. The summed E-state index contributed by atoms with van der Waals surface area (Å²) in [5.74, 6) is 0.467. The van der Waals surface area contributed by atoms with Gasteiger partial charge in [0, 0.05) is 10.0 Å². The van der Waals surface area contributed by atoms with Gasteiger partial charge in [-0.1, -0.05) is 30.1 Å². The minimum Gasteiger partial charge on any atom is -0.330 e. The summed E-state index contributed by atoms with van der Waals surface area (Å²) in [5, 5.41) is 1.40. The molecule has 0 aliphatic carbocycles. The van der Waals surface area contributed by atoms with Crippen molar-refractivity contribution in [2.45, 2.75) is 25.7 Å². The average Bonchev–Trinajstić information content (AvgIpc) is 2.12. The van der Waals surface area contributed by atoms with Crippen LogP contribution in [-0.4, -0.2) is 6.54 Å². The molecule has 0 aromatic heterocycles. The van der Waals surface area contributed by atoms with Crippen molar-refractivity contribution >= 4 is 23.2 Å². The van der Waals surface area contributed by atoms with Crippen molar-refractivity contribution in [1.29, 1.82) is 0 Å². The number of hydrogen-bond acceptors (Lipinski definition) is 1. The zero-order valence-corrected chi connectivity index (χ0v) is 9.78. The van der Waals surface area contributed by atoms with E-state index in [1.807, 2.05) is 12.1 Å². The van der Waals surface area contributed by atoms with Crippen LogP contribution >= 0.6 is 23.2 Å². The third-order valence-corrected chi connectivity index (χ3v) is 2.73. The number of nitrogens with two attached hydrogens (primary N) is 1. The standard InChI is InChI=1S/C11H15Cl2N/c1-8(3-2-4-14)9-5-10(12)7-11(13)6-9/h5-8H,2-4,14H2,1H3. The summed E-state index contributed by atoms with van der Waals surface area (Å²) >= 11 is 11.8. The Morgan fingerprint density at radius 3 is 2.29 bits per heavy atom. The fourth-order valence-electron chi connectivity index (χ4n) is 1.45. The Bertz CT molecular complexity index is 279. The van der Waals surface area contributed by atoms with E-state index >= 15 is 0 Å². The fourth-order valence-corrected chi connectivity index (χ4v) is 1.99. The second-order valence-corrected chi connectivity index (χ2v) is 4.41. The first kappa shape index (κ1) is 11.8. The van der Waals surface area contributed by atoms with Crippen molar-refractivity contribution in [3.8, 4) is 0 Å². The first-order chi connectivity index (χ1) is 6.63. The van der Waals surface area contributed by atoms with Gasteiger partial charge in [-0.05, 0) is 49.1 Å². The molecule has 14 heavy (non-hydrogen) atoms. The molecule has 3 heteroatoms. The van der Waals surface area contributed by atoms with Crippen molar-refractivity contribution in [1.82, 2.24) is 0 Å². The van der Waals surface area contributed by atoms with E-state index in [-0.39, 0.29) is 0 Å². The lowest BCUT2D eigenvalue weighted by Crippen LogP contribution is -2.01. The van der Waals surface area contributed by atoms with Gasteiger partial charge in [0.1, 0.15) is 0 Å². The van der Waals surface area contributed by atoms with Gasteiger partial charge in [0.05, 0.1) is 0 Å². The second-order valence-electron chi connectivity index (χ2n) is 3.53. The first-order valence-corrected chi connectivity index (χ1v) is 5.55. The van der Waals surface area contributed by atoms with Crippen LogP contribution in [0.25, 0.3) is 0 Å². The molecule has 0 amide bonds. The van der Waals surface area contributed by atoms with Crippen LogP contribution < -0.4 is 5.73 Å². The van der Waals surface area contributed by atoms with Crippen LogP contribution in [0.1, 0.15) is 31.2 Å². The first-order valence-electron chi connectivity index (χ1n) is 4.79. The molecule has 1 aromatic rings. The van der Waals surface area contributed by atoms with Gasteiger partial charge in [-0.25, -0.2) is 0 Å². The second kappa shape index (κ2) is 5.59. The predicted molar refractivity (Wildman–Crippen MR) is 63.2 cm³/mol. The minimum atomic E-state index is 0.467. The normalized spacial score (nSPS) is 12.9. The number of hydrogen-bond donors (Lipinski definition) is 1. The van der Waals surface area contributed by atoms with Gasteiger partial charge in [-0.15, -0.1) is 0 Å². The molecule has 0 aliphatic rings. The zero-order valence-electron chi connectivity index (χ0n) is 8.26. The maximum absolute atomic E-state index is 5.92. The molecule has 0 fully saturated rings. The van der Waals surface area contributed by atoms with E-state index in [0.29, 0.717) is 16.0 Å².